The third kappa shape index (κ3) is 3.62. The second kappa shape index (κ2) is 6.62. The van der Waals surface area contributed by atoms with Gasteiger partial charge in [-0.15, -0.1) is 0 Å². The van der Waals surface area contributed by atoms with Gasteiger partial charge in [-0.1, -0.05) is 61.5 Å². The molecule has 0 saturated carbocycles. The topological polar surface area (TPSA) is 26.0 Å². The van der Waals surface area contributed by atoms with Crippen LogP contribution in [0.1, 0.15) is 12.5 Å². The zero-order valence-electron chi connectivity index (χ0n) is 10.7. The van der Waals surface area contributed by atoms with Crippen LogP contribution in [0.5, 0.6) is 0 Å². The summed E-state index contributed by atoms with van der Waals surface area (Å²) in [7, 11) is 0. The van der Waals surface area contributed by atoms with E-state index in [0.717, 1.165) is 12.3 Å². The highest BCUT2D eigenvalue weighted by Crippen LogP contribution is 2.22. The molecule has 2 aromatic rings. The van der Waals surface area contributed by atoms with Crippen LogP contribution >= 0.6 is 11.8 Å². The Hall–Kier alpha value is -1.25. The van der Waals surface area contributed by atoms with E-state index in [1.807, 2.05) is 17.8 Å². The Morgan fingerprint density at radius 1 is 0.944 bits per heavy atom. The minimum atomic E-state index is 0.527. The minimum absolute atomic E-state index is 0.527. The number of hydrogen-bond donors (Lipinski definition) is 1. The molecule has 2 N–H and O–H groups in total. The summed E-state index contributed by atoms with van der Waals surface area (Å²) >= 11 is 1.91. The fraction of sp³-hybridized carbons (Fsp3) is 0.250. The molecule has 0 radical (unpaired) electrons. The van der Waals surface area contributed by atoms with E-state index in [2.05, 4.69) is 55.5 Å². The van der Waals surface area contributed by atoms with Crippen LogP contribution in [0.3, 0.4) is 0 Å². The molecule has 0 saturated heterocycles. The molecule has 1 unspecified atom stereocenters. The first-order valence-corrected chi connectivity index (χ1v) is 7.30. The van der Waals surface area contributed by atoms with Gasteiger partial charge in [0.1, 0.15) is 0 Å². The maximum Gasteiger partial charge on any atom is 0.0187 e. The Morgan fingerprint density at radius 3 is 2.17 bits per heavy atom. The van der Waals surface area contributed by atoms with Crippen molar-refractivity contribution in [3.8, 4) is 11.1 Å². The number of hydrogen-bond acceptors (Lipinski definition) is 2. The molecular weight excluding hydrogens is 238 g/mol. The lowest BCUT2D eigenvalue weighted by Crippen LogP contribution is -2.12. The Kier molecular flexibility index (Phi) is 4.85. The van der Waals surface area contributed by atoms with E-state index >= 15 is 0 Å². The molecule has 1 nitrogen and oxygen atoms in total. The molecule has 0 aliphatic rings. The quantitative estimate of drug-likeness (QED) is 0.878. The lowest BCUT2D eigenvalue weighted by Gasteiger charge is -2.08. The van der Waals surface area contributed by atoms with E-state index in [1.54, 1.807) is 0 Å². The SMILES string of the molecule is CC(CN)SCc1ccc(-c2ccccc2)cc1. The van der Waals surface area contributed by atoms with Crippen molar-refractivity contribution >= 4 is 11.8 Å². The van der Waals surface area contributed by atoms with Gasteiger partial charge in [-0.25, -0.2) is 0 Å². The Morgan fingerprint density at radius 2 is 1.56 bits per heavy atom. The average Bonchev–Trinajstić information content (AvgIpc) is 2.46. The van der Waals surface area contributed by atoms with Crippen molar-refractivity contribution in [2.45, 2.75) is 17.9 Å². The van der Waals surface area contributed by atoms with Gasteiger partial charge in [-0.2, -0.15) is 11.8 Å². The lowest BCUT2D eigenvalue weighted by atomic mass is 10.0. The van der Waals surface area contributed by atoms with Crippen molar-refractivity contribution in [2.75, 3.05) is 6.54 Å². The third-order valence-electron chi connectivity index (χ3n) is 2.93. The van der Waals surface area contributed by atoms with E-state index in [4.69, 9.17) is 5.73 Å². The molecule has 0 amide bonds. The molecule has 1 atom stereocenters. The van der Waals surface area contributed by atoms with Crippen LogP contribution in [-0.2, 0) is 5.75 Å². The largest absolute Gasteiger partial charge is 0.329 e. The van der Waals surface area contributed by atoms with Crippen LogP contribution in [0, 0.1) is 0 Å². The monoisotopic (exact) mass is 257 g/mol. The first-order valence-electron chi connectivity index (χ1n) is 6.25. The van der Waals surface area contributed by atoms with E-state index in [-0.39, 0.29) is 0 Å². The van der Waals surface area contributed by atoms with Crippen LogP contribution in [0.25, 0.3) is 11.1 Å². The normalized spacial score (nSPS) is 12.3. The molecule has 2 heteroatoms. The molecule has 0 heterocycles. The van der Waals surface area contributed by atoms with Gasteiger partial charge >= 0.3 is 0 Å². The second-order valence-corrected chi connectivity index (χ2v) is 5.85. The highest BCUT2D eigenvalue weighted by molar-refractivity contribution is 7.99. The van der Waals surface area contributed by atoms with Crippen molar-refractivity contribution < 1.29 is 0 Å². The van der Waals surface area contributed by atoms with Gasteiger partial charge in [0.25, 0.3) is 0 Å². The molecule has 2 aromatic carbocycles. The summed E-state index contributed by atoms with van der Waals surface area (Å²) in [5, 5.41) is 0.527. The molecule has 94 valence electrons. The average molecular weight is 257 g/mol. The number of nitrogens with two attached hydrogens (primary N) is 1. The fourth-order valence-corrected chi connectivity index (χ4v) is 2.54. The zero-order valence-corrected chi connectivity index (χ0v) is 11.5. The maximum atomic E-state index is 5.62. The van der Waals surface area contributed by atoms with E-state index in [9.17, 15) is 0 Å². The summed E-state index contributed by atoms with van der Waals surface area (Å²) in [4.78, 5) is 0. The first-order chi connectivity index (χ1) is 8.79. The predicted molar refractivity (Wildman–Crippen MR) is 81.7 cm³/mol. The van der Waals surface area contributed by atoms with Crippen molar-refractivity contribution in [1.82, 2.24) is 0 Å². The molecular formula is C16H19NS. The Balaban J connectivity index is 2.02. The van der Waals surface area contributed by atoms with Gasteiger partial charge in [0.05, 0.1) is 0 Å². The van der Waals surface area contributed by atoms with Gasteiger partial charge in [0.2, 0.25) is 0 Å². The first kappa shape index (κ1) is 13.2. The molecule has 2 rings (SSSR count). The summed E-state index contributed by atoms with van der Waals surface area (Å²) in [6, 6.07) is 19.3. The summed E-state index contributed by atoms with van der Waals surface area (Å²) in [5.41, 5.74) is 9.52. The number of thioether (sulfide) groups is 1. The maximum absolute atomic E-state index is 5.62. The third-order valence-corrected chi connectivity index (χ3v) is 4.19. The van der Waals surface area contributed by atoms with Gasteiger partial charge in [0, 0.05) is 17.5 Å². The Labute approximate surface area is 113 Å². The van der Waals surface area contributed by atoms with Gasteiger partial charge in [0.15, 0.2) is 0 Å². The molecule has 0 aliphatic carbocycles. The smallest absolute Gasteiger partial charge is 0.0187 e. The zero-order chi connectivity index (χ0) is 12.8. The summed E-state index contributed by atoms with van der Waals surface area (Å²) in [6.45, 7) is 2.91. The minimum Gasteiger partial charge on any atom is -0.329 e. The van der Waals surface area contributed by atoms with Crippen LogP contribution in [0.2, 0.25) is 0 Å². The molecule has 0 bridgehead atoms. The Bertz CT molecular complexity index is 464. The molecule has 0 aliphatic heterocycles. The number of benzene rings is 2. The van der Waals surface area contributed by atoms with Gasteiger partial charge < -0.3 is 5.73 Å². The molecule has 0 fully saturated rings. The van der Waals surface area contributed by atoms with Gasteiger partial charge in [-0.05, 0) is 16.7 Å². The molecule has 0 aromatic heterocycles. The molecule has 18 heavy (non-hydrogen) atoms. The summed E-state index contributed by atoms with van der Waals surface area (Å²) < 4.78 is 0. The number of rotatable bonds is 5. The van der Waals surface area contributed by atoms with Crippen LogP contribution in [-0.4, -0.2) is 11.8 Å². The van der Waals surface area contributed by atoms with E-state index < -0.39 is 0 Å². The standard InChI is InChI=1S/C16H19NS/c1-13(11-17)18-12-14-7-9-16(10-8-14)15-5-3-2-4-6-15/h2-10,13H,11-12,17H2,1H3. The van der Waals surface area contributed by atoms with E-state index in [0.29, 0.717) is 5.25 Å². The van der Waals surface area contributed by atoms with Crippen molar-refractivity contribution in [1.29, 1.82) is 0 Å². The molecule has 0 spiro atoms. The summed E-state index contributed by atoms with van der Waals surface area (Å²) in [5.74, 6) is 1.04. The van der Waals surface area contributed by atoms with Gasteiger partial charge in [-0.3, -0.25) is 0 Å². The predicted octanol–water partition coefficient (Wildman–Crippen LogP) is 3.93. The van der Waals surface area contributed by atoms with Crippen LogP contribution < -0.4 is 5.73 Å². The van der Waals surface area contributed by atoms with Crippen LogP contribution in [0.15, 0.2) is 54.6 Å². The highest BCUT2D eigenvalue weighted by atomic mass is 32.2. The highest BCUT2D eigenvalue weighted by Gasteiger charge is 2.01. The van der Waals surface area contributed by atoms with E-state index in [1.165, 1.54) is 16.7 Å². The summed E-state index contributed by atoms with van der Waals surface area (Å²) in [6.07, 6.45) is 0. The van der Waals surface area contributed by atoms with Crippen molar-refractivity contribution in [2.24, 2.45) is 5.73 Å². The van der Waals surface area contributed by atoms with Crippen molar-refractivity contribution in [3.63, 3.8) is 0 Å². The van der Waals surface area contributed by atoms with Crippen molar-refractivity contribution in [3.05, 3.63) is 60.2 Å². The lowest BCUT2D eigenvalue weighted by molar-refractivity contribution is 0.951. The van der Waals surface area contributed by atoms with Crippen LogP contribution in [0.4, 0.5) is 0 Å². The fourth-order valence-electron chi connectivity index (χ4n) is 1.73. The second-order valence-electron chi connectivity index (χ2n) is 4.42.